The third kappa shape index (κ3) is 2.53. The molecular formula is C12H15NOS. The van der Waals surface area contributed by atoms with E-state index >= 15 is 0 Å². The van der Waals surface area contributed by atoms with Crippen LogP contribution in [-0.2, 0) is 11.2 Å². The largest absolute Gasteiger partial charge is 0.326 e. The molecular weight excluding hydrogens is 206 g/mol. The van der Waals surface area contributed by atoms with E-state index in [1.165, 1.54) is 17.7 Å². The van der Waals surface area contributed by atoms with Crippen molar-refractivity contribution in [1.29, 1.82) is 0 Å². The Morgan fingerprint density at radius 2 is 2.33 bits per heavy atom. The lowest BCUT2D eigenvalue weighted by Gasteiger charge is -2.03. The quantitative estimate of drug-likeness (QED) is 0.625. The van der Waals surface area contributed by atoms with Gasteiger partial charge in [0.05, 0.1) is 6.42 Å². The summed E-state index contributed by atoms with van der Waals surface area (Å²) in [5.74, 6) is 1.28. The van der Waals surface area contributed by atoms with Crippen LogP contribution in [0.1, 0.15) is 25.3 Å². The molecule has 1 aliphatic rings. The number of thioether (sulfide) groups is 1. The zero-order chi connectivity index (χ0) is 10.7. The van der Waals surface area contributed by atoms with Gasteiger partial charge >= 0.3 is 0 Å². The normalized spacial score (nSPS) is 13.8. The lowest BCUT2D eigenvalue weighted by atomic mass is 10.2. The van der Waals surface area contributed by atoms with Gasteiger partial charge in [0.25, 0.3) is 0 Å². The maximum Gasteiger partial charge on any atom is 0.228 e. The molecule has 0 aliphatic carbocycles. The molecule has 0 saturated carbocycles. The second-order valence-corrected chi connectivity index (χ2v) is 4.91. The molecule has 1 aromatic carbocycles. The third-order valence-electron chi connectivity index (χ3n) is 2.47. The van der Waals surface area contributed by atoms with Crippen LogP contribution >= 0.6 is 11.8 Å². The van der Waals surface area contributed by atoms with Gasteiger partial charge in [-0.15, -0.1) is 11.8 Å². The highest BCUT2D eigenvalue weighted by molar-refractivity contribution is 7.99. The van der Waals surface area contributed by atoms with Crippen LogP contribution in [0.4, 0.5) is 5.69 Å². The summed E-state index contributed by atoms with van der Waals surface area (Å²) in [6.07, 6.45) is 3.02. The van der Waals surface area contributed by atoms with Gasteiger partial charge in [-0.25, -0.2) is 0 Å². The minimum atomic E-state index is 0.112. The molecule has 0 spiro atoms. The van der Waals surface area contributed by atoms with Crippen LogP contribution in [0.5, 0.6) is 0 Å². The number of hydrogen-bond acceptors (Lipinski definition) is 2. The minimum Gasteiger partial charge on any atom is -0.326 e. The van der Waals surface area contributed by atoms with E-state index in [1.807, 2.05) is 17.8 Å². The zero-order valence-corrected chi connectivity index (χ0v) is 9.69. The van der Waals surface area contributed by atoms with Crippen LogP contribution in [-0.4, -0.2) is 11.7 Å². The SMILES string of the molecule is CCCCSc1ccc2c(c1)CC(=O)N2. The number of unbranched alkanes of at least 4 members (excludes halogenated alkanes) is 1. The number of fused-ring (bicyclic) bond motifs is 1. The Morgan fingerprint density at radius 1 is 1.47 bits per heavy atom. The molecule has 1 heterocycles. The Balaban J connectivity index is 2.03. The summed E-state index contributed by atoms with van der Waals surface area (Å²) < 4.78 is 0. The van der Waals surface area contributed by atoms with E-state index in [1.54, 1.807) is 0 Å². The Morgan fingerprint density at radius 3 is 3.13 bits per heavy atom. The Kier molecular flexibility index (Phi) is 3.31. The molecule has 80 valence electrons. The van der Waals surface area contributed by atoms with Gasteiger partial charge in [0.15, 0.2) is 0 Å². The predicted molar refractivity (Wildman–Crippen MR) is 64.4 cm³/mol. The number of carbonyl (C=O) groups excluding carboxylic acids is 1. The molecule has 0 aromatic heterocycles. The molecule has 0 atom stereocenters. The van der Waals surface area contributed by atoms with Gasteiger partial charge in [-0.05, 0) is 35.9 Å². The monoisotopic (exact) mass is 221 g/mol. The Bertz CT molecular complexity index is 376. The van der Waals surface area contributed by atoms with Crippen LogP contribution < -0.4 is 5.32 Å². The summed E-state index contributed by atoms with van der Waals surface area (Å²) >= 11 is 1.87. The maximum atomic E-state index is 11.2. The van der Waals surface area contributed by atoms with Crippen LogP contribution in [0.2, 0.25) is 0 Å². The first-order valence-corrected chi connectivity index (χ1v) is 6.33. The molecule has 1 N–H and O–H groups in total. The number of hydrogen-bond donors (Lipinski definition) is 1. The molecule has 1 aliphatic heterocycles. The van der Waals surface area contributed by atoms with E-state index in [0.717, 1.165) is 17.0 Å². The lowest BCUT2D eigenvalue weighted by molar-refractivity contribution is -0.115. The molecule has 0 unspecified atom stereocenters. The van der Waals surface area contributed by atoms with Gasteiger partial charge in [-0.3, -0.25) is 4.79 Å². The van der Waals surface area contributed by atoms with E-state index in [4.69, 9.17) is 0 Å². The van der Waals surface area contributed by atoms with Crippen LogP contribution in [0.25, 0.3) is 0 Å². The van der Waals surface area contributed by atoms with Gasteiger partial charge in [0, 0.05) is 10.6 Å². The highest BCUT2D eigenvalue weighted by atomic mass is 32.2. The smallest absolute Gasteiger partial charge is 0.228 e. The van der Waals surface area contributed by atoms with Crippen LogP contribution in [0, 0.1) is 0 Å². The second kappa shape index (κ2) is 4.71. The van der Waals surface area contributed by atoms with Crippen molar-refractivity contribution in [2.75, 3.05) is 11.1 Å². The third-order valence-corrected chi connectivity index (χ3v) is 3.55. The van der Waals surface area contributed by atoms with Crippen molar-refractivity contribution in [3.8, 4) is 0 Å². The first-order valence-electron chi connectivity index (χ1n) is 5.35. The van der Waals surface area contributed by atoms with Crippen molar-refractivity contribution in [2.45, 2.75) is 31.1 Å². The van der Waals surface area contributed by atoms with Crippen LogP contribution in [0.15, 0.2) is 23.1 Å². The van der Waals surface area contributed by atoms with Crippen molar-refractivity contribution < 1.29 is 4.79 Å². The van der Waals surface area contributed by atoms with Gasteiger partial charge < -0.3 is 5.32 Å². The minimum absolute atomic E-state index is 0.112. The number of benzene rings is 1. The first-order chi connectivity index (χ1) is 7.29. The number of carbonyl (C=O) groups is 1. The van der Waals surface area contributed by atoms with Crippen molar-refractivity contribution in [3.05, 3.63) is 23.8 Å². The van der Waals surface area contributed by atoms with Gasteiger partial charge in [-0.1, -0.05) is 13.3 Å². The Labute approximate surface area is 94.4 Å². The second-order valence-electron chi connectivity index (χ2n) is 3.75. The number of nitrogens with one attached hydrogen (secondary N) is 1. The van der Waals surface area contributed by atoms with E-state index in [9.17, 15) is 4.79 Å². The fourth-order valence-corrected chi connectivity index (χ4v) is 2.69. The summed E-state index contributed by atoms with van der Waals surface area (Å²) in [7, 11) is 0. The van der Waals surface area contributed by atoms with Gasteiger partial charge in [0.2, 0.25) is 5.91 Å². The lowest BCUT2D eigenvalue weighted by Crippen LogP contribution is -2.03. The molecule has 0 bridgehead atoms. The summed E-state index contributed by atoms with van der Waals surface area (Å²) in [6, 6.07) is 6.23. The molecule has 15 heavy (non-hydrogen) atoms. The highest BCUT2D eigenvalue weighted by Crippen LogP contribution is 2.28. The molecule has 1 amide bonds. The van der Waals surface area contributed by atoms with Crippen LogP contribution in [0.3, 0.4) is 0 Å². The first kappa shape index (κ1) is 10.6. The van der Waals surface area contributed by atoms with Gasteiger partial charge in [-0.2, -0.15) is 0 Å². The van der Waals surface area contributed by atoms with E-state index in [0.29, 0.717) is 6.42 Å². The average Bonchev–Trinajstić information content (AvgIpc) is 2.57. The maximum absolute atomic E-state index is 11.2. The van der Waals surface area contributed by atoms with Crippen molar-refractivity contribution in [2.24, 2.45) is 0 Å². The topological polar surface area (TPSA) is 29.1 Å². The fourth-order valence-electron chi connectivity index (χ4n) is 1.63. The molecule has 0 fully saturated rings. The summed E-state index contributed by atoms with van der Waals surface area (Å²) in [5, 5.41) is 2.84. The molecule has 2 rings (SSSR count). The molecule has 3 heteroatoms. The standard InChI is InChI=1S/C12H15NOS/c1-2-3-6-15-10-4-5-11-9(7-10)8-12(14)13-11/h4-5,7H,2-3,6,8H2,1H3,(H,13,14). The fraction of sp³-hybridized carbons (Fsp3) is 0.417. The zero-order valence-electron chi connectivity index (χ0n) is 8.88. The van der Waals surface area contributed by atoms with E-state index < -0.39 is 0 Å². The number of rotatable bonds is 4. The summed E-state index contributed by atoms with van der Waals surface area (Å²) in [4.78, 5) is 12.4. The van der Waals surface area contributed by atoms with Crippen molar-refractivity contribution >= 4 is 23.4 Å². The predicted octanol–water partition coefficient (Wildman–Crippen LogP) is 3.07. The Hall–Kier alpha value is -0.960. The van der Waals surface area contributed by atoms with Gasteiger partial charge in [0.1, 0.15) is 0 Å². The van der Waals surface area contributed by atoms with E-state index in [2.05, 4.69) is 24.4 Å². The molecule has 1 aromatic rings. The molecule has 0 saturated heterocycles. The molecule has 2 nitrogen and oxygen atoms in total. The van der Waals surface area contributed by atoms with E-state index in [-0.39, 0.29) is 5.91 Å². The average molecular weight is 221 g/mol. The van der Waals surface area contributed by atoms with Crippen molar-refractivity contribution in [1.82, 2.24) is 0 Å². The van der Waals surface area contributed by atoms with Crippen molar-refractivity contribution in [3.63, 3.8) is 0 Å². The summed E-state index contributed by atoms with van der Waals surface area (Å²) in [5.41, 5.74) is 2.13. The number of anilines is 1. The molecule has 0 radical (unpaired) electrons. The number of amides is 1. The highest BCUT2D eigenvalue weighted by Gasteiger charge is 2.17. The summed E-state index contributed by atoms with van der Waals surface area (Å²) in [6.45, 7) is 2.20.